The highest BCUT2D eigenvalue weighted by Gasteiger charge is 2.08. The van der Waals surface area contributed by atoms with E-state index >= 15 is 0 Å². The van der Waals surface area contributed by atoms with Gasteiger partial charge in [-0.05, 0) is 48.9 Å². The summed E-state index contributed by atoms with van der Waals surface area (Å²) < 4.78 is 7.59. The summed E-state index contributed by atoms with van der Waals surface area (Å²) >= 11 is 5.95. The first-order chi connectivity index (χ1) is 12.7. The van der Waals surface area contributed by atoms with E-state index in [0.717, 1.165) is 17.8 Å². The van der Waals surface area contributed by atoms with Crippen molar-refractivity contribution in [1.29, 1.82) is 0 Å². The number of aryl methyl sites for hydroxylation is 1. The smallest absolute Gasteiger partial charge is 0.251 e. The van der Waals surface area contributed by atoms with E-state index in [-0.39, 0.29) is 5.91 Å². The quantitative estimate of drug-likeness (QED) is 0.683. The zero-order valence-electron chi connectivity index (χ0n) is 14.5. The van der Waals surface area contributed by atoms with Crippen LogP contribution in [0, 0.1) is 0 Å². The van der Waals surface area contributed by atoms with Gasteiger partial charge in [-0.2, -0.15) is 5.10 Å². The second kappa shape index (κ2) is 8.54. The Balaban J connectivity index is 1.60. The average Bonchev–Trinajstić information content (AvgIpc) is 3.12. The molecule has 0 radical (unpaired) electrons. The monoisotopic (exact) mass is 369 g/mol. The molecular formula is C20H20ClN3O2. The highest BCUT2D eigenvalue weighted by atomic mass is 35.5. The van der Waals surface area contributed by atoms with Crippen LogP contribution in [0.15, 0.2) is 60.8 Å². The van der Waals surface area contributed by atoms with Gasteiger partial charge in [0.2, 0.25) is 0 Å². The number of nitrogens with zero attached hydrogens (tertiary/aromatic N) is 2. The number of hydrogen-bond donors (Lipinski definition) is 1. The normalized spacial score (nSPS) is 10.5. The van der Waals surface area contributed by atoms with Crippen LogP contribution in [0.5, 0.6) is 5.75 Å². The molecule has 1 heterocycles. The number of rotatable bonds is 7. The summed E-state index contributed by atoms with van der Waals surface area (Å²) in [5.41, 5.74) is 2.48. The third-order valence-corrected chi connectivity index (χ3v) is 4.16. The molecule has 0 atom stereocenters. The van der Waals surface area contributed by atoms with Crippen LogP contribution in [-0.2, 0) is 19.7 Å². The average molecular weight is 370 g/mol. The summed E-state index contributed by atoms with van der Waals surface area (Å²) in [6.45, 7) is 3.59. The molecule has 0 spiro atoms. The standard InChI is InChI=1S/C20H20ClN3O2/c1-2-24-18(9-10-23-24)13-22-20(25)16-6-3-5-15(11-16)14-26-19-8-4-7-17(21)12-19/h3-12H,2,13-14H2,1H3,(H,22,25). The van der Waals surface area contributed by atoms with E-state index in [2.05, 4.69) is 10.4 Å². The second-order valence-corrected chi connectivity index (χ2v) is 6.20. The Morgan fingerprint density at radius 1 is 1.19 bits per heavy atom. The van der Waals surface area contributed by atoms with E-state index in [1.807, 2.05) is 48.0 Å². The first-order valence-electron chi connectivity index (χ1n) is 8.42. The number of hydrogen-bond acceptors (Lipinski definition) is 3. The van der Waals surface area contributed by atoms with Gasteiger partial charge in [0.05, 0.1) is 12.2 Å². The van der Waals surface area contributed by atoms with Crippen LogP contribution >= 0.6 is 11.6 Å². The minimum atomic E-state index is -0.126. The van der Waals surface area contributed by atoms with Crippen LogP contribution < -0.4 is 10.1 Å². The van der Waals surface area contributed by atoms with Gasteiger partial charge in [0.1, 0.15) is 12.4 Å². The topological polar surface area (TPSA) is 56.2 Å². The maximum Gasteiger partial charge on any atom is 0.251 e. The summed E-state index contributed by atoms with van der Waals surface area (Å²) in [4.78, 5) is 12.4. The predicted molar refractivity (Wildman–Crippen MR) is 101 cm³/mol. The Kier molecular flexibility index (Phi) is 5.92. The fourth-order valence-electron chi connectivity index (χ4n) is 2.59. The van der Waals surface area contributed by atoms with Crippen molar-refractivity contribution in [2.45, 2.75) is 26.6 Å². The molecule has 0 saturated heterocycles. The molecule has 0 aliphatic rings. The fraction of sp³-hybridized carbons (Fsp3) is 0.200. The third-order valence-electron chi connectivity index (χ3n) is 3.92. The van der Waals surface area contributed by atoms with Crippen molar-refractivity contribution in [1.82, 2.24) is 15.1 Å². The van der Waals surface area contributed by atoms with E-state index in [1.165, 1.54) is 0 Å². The highest BCUT2D eigenvalue weighted by Crippen LogP contribution is 2.18. The van der Waals surface area contributed by atoms with Gasteiger partial charge in [-0.15, -0.1) is 0 Å². The molecule has 0 aliphatic heterocycles. The maximum absolute atomic E-state index is 12.4. The van der Waals surface area contributed by atoms with E-state index in [9.17, 15) is 4.79 Å². The summed E-state index contributed by atoms with van der Waals surface area (Å²) in [6.07, 6.45) is 1.73. The minimum Gasteiger partial charge on any atom is -0.489 e. The number of nitrogens with one attached hydrogen (secondary N) is 1. The molecule has 134 valence electrons. The van der Waals surface area contributed by atoms with Crippen molar-refractivity contribution in [2.24, 2.45) is 0 Å². The number of aromatic nitrogens is 2. The largest absolute Gasteiger partial charge is 0.489 e. The number of benzene rings is 2. The minimum absolute atomic E-state index is 0.126. The Hall–Kier alpha value is -2.79. The third kappa shape index (κ3) is 4.64. The molecule has 3 aromatic rings. The number of amides is 1. The molecule has 1 N–H and O–H groups in total. The zero-order chi connectivity index (χ0) is 18.4. The molecule has 0 unspecified atom stereocenters. The van der Waals surface area contributed by atoms with Crippen LogP contribution in [0.25, 0.3) is 0 Å². The maximum atomic E-state index is 12.4. The van der Waals surface area contributed by atoms with Gasteiger partial charge >= 0.3 is 0 Å². The molecule has 1 amide bonds. The molecule has 0 bridgehead atoms. The lowest BCUT2D eigenvalue weighted by Crippen LogP contribution is -2.24. The van der Waals surface area contributed by atoms with Gasteiger partial charge in [0, 0.05) is 23.3 Å². The Labute approximate surface area is 157 Å². The van der Waals surface area contributed by atoms with E-state index in [4.69, 9.17) is 16.3 Å². The molecule has 2 aromatic carbocycles. The molecule has 0 fully saturated rings. The summed E-state index contributed by atoms with van der Waals surface area (Å²) in [5.74, 6) is 0.568. The molecule has 6 heteroatoms. The Morgan fingerprint density at radius 2 is 2.04 bits per heavy atom. The van der Waals surface area contributed by atoms with Crippen molar-refractivity contribution >= 4 is 17.5 Å². The van der Waals surface area contributed by atoms with Crippen LogP contribution in [0.3, 0.4) is 0 Å². The SMILES string of the molecule is CCn1nccc1CNC(=O)c1cccc(COc2cccc(Cl)c2)c1. The van der Waals surface area contributed by atoms with Gasteiger partial charge in [0.15, 0.2) is 0 Å². The van der Waals surface area contributed by atoms with E-state index in [0.29, 0.717) is 29.5 Å². The van der Waals surface area contributed by atoms with Gasteiger partial charge in [-0.25, -0.2) is 0 Å². The first kappa shape index (κ1) is 18.0. The lowest BCUT2D eigenvalue weighted by atomic mass is 10.1. The van der Waals surface area contributed by atoms with Gasteiger partial charge in [-0.3, -0.25) is 9.48 Å². The van der Waals surface area contributed by atoms with Crippen molar-refractivity contribution in [3.05, 3.63) is 82.6 Å². The van der Waals surface area contributed by atoms with Crippen molar-refractivity contribution < 1.29 is 9.53 Å². The van der Waals surface area contributed by atoms with Crippen LogP contribution in [0.1, 0.15) is 28.5 Å². The summed E-state index contributed by atoms with van der Waals surface area (Å²) in [5, 5.41) is 7.75. The van der Waals surface area contributed by atoms with Crippen LogP contribution in [0.4, 0.5) is 0 Å². The van der Waals surface area contributed by atoms with Gasteiger partial charge in [0.25, 0.3) is 5.91 Å². The van der Waals surface area contributed by atoms with E-state index in [1.54, 1.807) is 24.4 Å². The number of carbonyl (C=O) groups excluding carboxylic acids is 1. The number of halogens is 1. The van der Waals surface area contributed by atoms with Crippen molar-refractivity contribution in [3.8, 4) is 5.75 Å². The molecular weight excluding hydrogens is 350 g/mol. The van der Waals surface area contributed by atoms with E-state index < -0.39 is 0 Å². The highest BCUT2D eigenvalue weighted by molar-refractivity contribution is 6.30. The fourth-order valence-corrected chi connectivity index (χ4v) is 2.77. The van der Waals surface area contributed by atoms with Crippen molar-refractivity contribution in [2.75, 3.05) is 0 Å². The number of ether oxygens (including phenoxy) is 1. The molecule has 5 nitrogen and oxygen atoms in total. The first-order valence-corrected chi connectivity index (χ1v) is 8.79. The lowest BCUT2D eigenvalue weighted by molar-refractivity contribution is 0.0949. The molecule has 0 saturated carbocycles. The number of carbonyl (C=O) groups is 1. The van der Waals surface area contributed by atoms with Gasteiger partial charge in [-0.1, -0.05) is 29.8 Å². The van der Waals surface area contributed by atoms with Crippen LogP contribution in [-0.4, -0.2) is 15.7 Å². The zero-order valence-corrected chi connectivity index (χ0v) is 15.2. The summed E-state index contributed by atoms with van der Waals surface area (Å²) in [6, 6.07) is 16.5. The van der Waals surface area contributed by atoms with Gasteiger partial charge < -0.3 is 10.1 Å². The Bertz CT molecular complexity index is 892. The van der Waals surface area contributed by atoms with Crippen molar-refractivity contribution in [3.63, 3.8) is 0 Å². The summed E-state index contributed by atoms with van der Waals surface area (Å²) in [7, 11) is 0. The molecule has 26 heavy (non-hydrogen) atoms. The predicted octanol–water partition coefficient (Wildman–Crippen LogP) is 4.07. The van der Waals surface area contributed by atoms with Crippen LogP contribution in [0.2, 0.25) is 5.02 Å². The molecule has 0 aliphatic carbocycles. The molecule has 3 rings (SSSR count). The Morgan fingerprint density at radius 3 is 2.85 bits per heavy atom. The molecule has 1 aromatic heterocycles. The second-order valence-electron chi connectivity index (χ2n) is 5.77. The lowest BCUT2D eigenvalue weighted by Gasteiger charge is -2.09.